The van der Waals surface area contributed by atoms with E-state index in [0.717, 1.165) is 57.8 Å². The second kappa shape index (κ2) is 34.4. The van der Waals surface area contributed by atoms with Crippen LogP contribution in [0, 0.1) is 0 Å². The van der Waals surface area contributed by atoms with Crippen LogP contribution in [0.2, 0.25) is 0 Å². The van der Waals surface area contributed by atoms with Gasteiger partial charge in [0.05, 0.1) is 32.0 Å². The van der Waals surface area contributed by atoms with Crippen LogP contribution in [0.1, 0.15) is 149 Å². The monoisotopic (exact) mass is 870 g/mol. The third-order valence-corrected chi connectivity index (χ3v) is 11.3. The van der Waals surface area contributed by atoms with Gasteiger partial charge in [0.2, 0.25) is 5.91 Å². The zero-order chi connectivity index (χ0) is 44.7. The zero-order valence-corrected chi connectivity index (χ0v) is 37.1. The molecule has 2 rings (SSSR count). The molecule has 12 atom stereocenters. The van der Waals surface area contributed by atoms with Crippen molar-refractivity contribution < 1.29 is 64.6 Å². The molecule has 1 amide bonds. The predicted octanol–water partition coefficient (Wildman–Crippen LogP) is 4.93. The number of aliphatic hydroxyl groups is 8. The Labute approximate surface area is 365 Å². The number of ether oxygens (including phenoxy) is 4. The van der Waals surface area contributed by atoms with Gasteiger partial charge in [0.25, 0.3) is 0 Å². The number of hydrogen-bond donors (Lipinski definition) is 9. The molecule has 2 aliphatic rings. The fourth-order valence-electron chi connectivity index (χ4n) is 7.42. The van der Waals surface area contributed by atoms with Crippen molar-refractivity contribution in [3.05, 3.63) is 48.6 Å². The lowest BCUT2D eigenvalue weighted by Gasteiger charge is -2.46. The molecule has 2 fully saturated rings. The molecule has 2 heterocycles. The Kier molecular flexibility index (Phi) is 31.0. The van der Waals surface area contributed by atoms with Gasteiger partial charge in [-0.3, -0.25) is 4.79 Å². The number of carbonyl (C=O) groups is 1. The van der Waals surface area contributed by atoms with Gasteiger partial charge in [-0.1, -0.05) is 140 Å². The molecule has 0 saturated carbocycles. The first kappa shape index (κ1) is 55.1. The summed E-state index contributed by atoms with van der Waals surface area (Å²) >= 11 is 0. The molecule has 14 heteroatoms. The maximum absolute atomic E-state index is 13.1. The third-order valence-electron chi connectivity index (χ3n) is 11.3. The van der Waals surface area contributed by atoms with Gasteiger partial charge < -0.3 is 65.1 Å². The Bertz CT molecular complexity index is 1210. The van der Waals surface area contributed by atoms with Gasteiger partial charge in [-0.2, -0.15) is 0 Å². The van der Waals surface area contributed by atoms with Gasteiger partial charge in [0.15, 0.2) is 12.6 Å². The summed E-state index contributed by atoms with van der Waals surface area (Å²) in [7, 11) is 0. The summed E-state index contributed by atoms with van der Waals surface area (Å²) in [5.41, 5.74) is 0. The van der Waals surface area contributed by atoms with Crippen LogP contribution in [0.3, 0.4) is 0 Å². The van der Waals surface area contributed by atoms with E-state index in [-0.39, 0.29) is 18.9 Å². The van der Waals surface area contributed by atoms with E-state index in [2.05, 4.69) is 55.6 Å². The number of unbranched alkanes of at least 4 members (excludes halogenated alkanes) is 15. The van der Waals surface area contributed by atoms with Gasteiger partial charge in [-0.25, -0.2) is 0 Å². The van der Waals surface area contributed by atoms with E-state index in [1.54, 1.807) is 6.08 Å². The Morgan fingerprint density at radius 1 is 0.607 bits per heavy atom. The van der Waals surface area contributed by atoms with Gasteiger partial charge in [-0.15, -0.1) is 0 Å². The summed E-state index contributed by atoms with van der Waals surface area (Å²) in [6, 6.07) is -0.928. The van der Waals surface area contributed by atoms with Gasteiger partial charge >= 0.3 is 0 Å². The lowest BCUT2D eigenvalue weighted by molar-refractivity contribution is -0.359. The van der Waals surface area contributed by atoms with Crippen LogP contribution in [0.25, 0.3) is 0 Å². The highest BCUT2D eigenvalue weighted by Gasteiger charge is 2.50. The average Bonchev–Trinajstić information content (AvgIpc) is 3.26. The van der Waals surface area contributed by atoms with E-state index in [1.165, 1.54) is 64.2 Å². The smallest absolute Gasteiger partial charge is 0.220 e. The summed E-state index contributed by atoms with van der Waals surface area (Å²) in [5.74, 6) is -0.272. The minimum absolute atomic E-state index is 0.244. The largest absolute Gasteiger partial charge is 0.394 e. The van der Waals surface area contributed by atoms with Gasteiger partial charge in [-0.05, 0) is 51.4 Å². The number of amides is 1. The van der Waals surface area contributed by atoms with E-state index in [9.17, 15) is 45.6 Å². The van der Waals surface area contributed by atoms with Crippen LogP contribution in [0.4, 0.5) is 0 Å². The number of allylic oxidation sites excluding steroid dienone is 7. The van der Waals surface area contributed by atoms with E-state index in [0.29, 0.717) is 6.42 Å². The summed E-state index contributed by atoms with van der Waals surface area (Å²) in [5, 5.41) is 86.5. The van der Waals surface area contributed by atoms with Gasteiger partial charge in [0, 0.05) is 6.42 Å². The number of hydrogen-bond acceptors (Lipinski definition) is 13. The molecule has 12 unspecified atom stereocenters. The normalized spacial score (nSPS) is 28.4. The van der Waals surface area contributed by atoms with E-state index in [4.69, 9.17) is 18.9 Å². The quantitative estimate of drug-likeness (QED) is 0.0309. The van der Waals surface area contributed by atoms with Crippen LogP contribution < -0.4 is 5.32 Å². The molecule has 0 aromatic rings. The van der Waals surface area contributed by atoms with E-state index >= 15 is 0 Å². The summed E-state index contributed by atoms with van der Waals surface area (Å²) in [4.78, 5) is 13.1. The van der Waals surface area contributed by atoms with Crippen LogP contribution in [-0.4, -0.2) is 140 Å². The number of aliphatic hydroxyl groups excluding tert-OH is 8. The second-order valence-corrected chi connectivity index (χ2v) is 16.5. The number of carbonyl (C=O) groups excluding carboxylic acids is 1. The van der Waals surface area contributed by atoms with Crippen LogP contribution in [0.15, 0.2) is 48.6 Å². The van der Waals surface area contributed by atoms with E-state index in [1.807, 2.05) is 6.08 Å². The minimum Gasteiger partial charge on any atom is -0.394 e. The molecule has 2 aliphatic heterocycles. The molecule has 0 aliphatic carbocycles. The molecule has 0 aromatic heterocycles. The first-order valence-corrected chi connectivity index (χ1v) is 23.4. The van der Waals surface area contributed by atoms with Crippen molar-refractivity contribution >= 4 is 5.91 Å². The highest BCUT2D eigenvalue weighted by atomic mass is 16.7. The van der Waals surface area contributed by atoms with Crippen LogP contribution in [0.5, 0.6) is 0 Å². The molecular weight excluding hydrogens is 787 g/mol. The van der Waals surface area contributed by atoms with Crippen molar-refractivity contribution in [3.8, 4) is 0 Å². The molecule has 0 radical (unpaired) electrons. The highest BCUT2D eigenvalue weighted by molar-refractivity contribution is 5.76. The van der Waals surface area contributed by atoms with Crippen molar-refractivity contribution in [2.24, 2.45) is 0 Å². The Hall–Kier alpha value is -2.05. The Morgan fingerprint density at radius 2 is 1.13 bits per heavy atom. The summed E-state index contributed by atoms with van der Waals surface area (Å²) in [6.07, 6.45) is 21.6. The summed E-state index contributed by atoms with van der Waals surface area (Å²) < 4.78 is 22.6. The topological polar surface area (TPSA) is 228 Å². The molecule has 0 spiro atoms. The fourth-order valence-corrected chi connectivity index (χ4v) is 7.42. The average molecular weight is 870 g/mol. The first-order valence-electron chi connectivity index (χ1n) is 23.4. The molecule has 61 heavy (non-hydrogen) atoms. The predicted molar refractivity (Wildman–Crippen MR) is 235 cm³/mol. The minimum atomic E-state index is -1.79. The van der Waals surface area contributed by atoms with Crippen molar-refractivity contribution in [2.45, 2.75) is 222 Å². The number of rotatable bonds is 34. The lowest BCUT2D eigenvalue weighted by Crippen LogP contribution is -2.65. The molecular formula is C47H83NO13. The molecule has 0 bridgehead atoms. The van der Waals surface area contributed by atoms with Crippen LogP contribution in [-0.2, 0) is 23.7 Å². The van der Waals surface area contributed by atoms with Crippen molar-refractivity contribution in [1.82, 2.24) is 5.32 Å². The summed E-state index contributed by atoms with van der Waals surface area (Å²) in [6.45, 7) is 2.61. The zero-order valence-electron chi connectivity index (χ0n) is 37.1. The van der Waals surface area contributed by atoms with Crippen molar-refractivity contribution in [3.63, 3.8) is 0 Å². The molecule has 9 N–H and O–H groups in total. The maximum Gasteiger partial charge on any atom is 0.220 e. The Balaban J connectivity index is 1.91. The van der Waals surface area contributed by atoms with E-state index < -0.39 is 86.8 Å². The molecule has 14 nitrogen and oxygen atoms in total. The van der Waals surface area contributed by atoms with Crippen molar-refractivity contribution in [2.75, 3.05) is 19.8 Å². The maximum atomic E-state index is 13.1. The van der Waals surface area contributed by atoms with Crippen molar-refractivity contribution in [1.29, 1.82) is 0 Å². The van der Waals surface area contributed by atoms with Crippen LogP contribution >= 0.6 is 0 Å². The highest BCUT2D eigenvalue weighted by Crippen LogP contribution is 2.30. The first-order chi connectivity index (χ1) is 29.6. The third kappa shape index (κ3) is 22.4. The second-order valence-electron chi connectivity index (χ2n) is 16.5. The fraction of sp³-hybridized carbons (Fsp3) is 0.809. The number of nitrogens with one attached hydrogen (secondary N) is 1. The SMILES string of the molecule is CC/C=C\C/C=C\C/C=C\CCCCCC(=O)NC(COC1OC(CO)C(OC2OC(CO)C(O)C(O)C2O)C(O)C1O)C(O)/C=C/CCCCCCCCCCCCCC. The molecule has 2 saturated heterocycles. The van der Waals surface area contributed by atoms with Gasteiger partial charge in [0.1, 0.15) is 48.8 Å². The molecule has 354 valence electrons. The Morgan fingerprint density at radius 3 is 1.74 bits per heavy atom. The standard InChI is InChI=1S/C47H83NO13/c1-3-5-7-9-11-13-15-17-19-20-22-24-26-28-30-36(51)35(48-39(52)31-29-27-25-23-21-18-16-14-12-10-8-6-4-2)34-58-46-44(57)42(55)45(38(33-50)60-46)61-47-43(56)41(54)40(53)37(32-49)59-47/h6,8,12,14,18,21,28,30,35-38,40-47,49-51,53-57H,3-5,7,9-11,13,15-17,19-20,22-27,29,31-34H2,1-2H3,(H,48,52)/b8-6-,14-12-,21-18-,30-28+. The molecule has 0 aromatic carbocycles. The lowest BCUT2D eigenvalue weighted by atomic mass is 9.97.